The Balaban J connectivity index is 1.83. The van der Waals surface area contributed by atoms with E-state index in [-0.39, 0.29) is 0 Å². The van der Waals surface area contributed by atoms with Gasteiger partial charge in [0.2, 0.25) is 0 Å². The van der Waals surface area contributed by atoms with E-state index in [1.165, 1.54) is 32.1 Å². The molecular formula is C9H18O. The molecule has 0 aromatic carbocycles. The Bertz CT molecular complexity index is 86.7. The molecule has 1 unspecified atom stereocenters. The Kier molecular flexibility index (Phi) is 3.20. The van der Waals surface area contributed by atoms with Crippen LogP contribution in [0.4, 0.5) is 0 Å². The predicted molar refractivity (Wildman–Crippen MR) is 42.8 cm³/mol. The highest BCUT2D eigenvalue weighted by molar-refractivity contribution is 4.72. The summed E-state index contributed by atoms with van der Waals surface area (Å²) in [5.74, 6) is 1.59. The monoisotopic (exact) mass is 142 g/mol. The largest absolute Gasteiger partial charge is 0.396 e. The minimum Gasteiger partial charge on any atom is -0.396 e. The van der Waals surface area contributed by atoms with Gasteiger partial charge in [-0.25, -0.2) is 0 Å². The first kappa shape index (κ1) is 8.06. The van der Waals surface area contributed by atoms with Crippen LogP contribution in [0, 0.1) is 11.8 Å². The summed E-state index contributed by atoms with van der Waals surface area (Å²) in [4.78, 5) is 0. The fourth-order valence-corrected chi connectivity index (χ4v) is 1.25. The van der Waals surface area contributed by atoms with Crippen molar-refractivity contribution < 1.29 is 5.11 Å². The number of aliphatic hydroxyl groups is 1. The van der Waals surface area contributed by atoms with Crippen molar-refractivity contribution in [1.29, 1.82) is 0 Å². The summed E-state index contributed by atoms with van der Waals surface area (Å²) in [5.41, 5.74) is 0. The molecule has 0 aliphatic heterocycles. The lowest BCUT2D eigenvalue weighted by atomic mass is 10.0. The summed E-state index contributed by atoms with van der Waals surface area (Å²) in [6.07, 6.45) is 6.88. The summed E-state index contributed by atoms with van der Waals surface area (Å²) in [6.45, 7) is 2.48. The van der Waals surface area contributed by atoms with Crippen LogP contribution < -0.4 is 0 Å². The van der Waals surface area contributed by atoms with Crippen molar-refractivity contribution in [3.05, 3.63) is 0 Å². The Labute approximate surface area is 63.4 Å². The van der Waals surface area contributed by atoms with Crippen LogP contribution in [0.1, 0.15) is 39.0 Å². The Hall–Kier alpha value is -0.0400. The maximum absolute atomic E-state index is 8.72. The van der Waals surface area contributed by atoms with Crippen LogP contribution in [0.15, 0.2) is 0 Å². The first-order valence-electron chi connectivity index (χ1n) is 4.43. The van der Waals surface area contributed by atoms with Crippen molar-refractivity contribution in [2.45, 2.75) is 39.0 Å². The Morgan fingerprint density at radius 1 is 1.50 bits per heavy atom. The van der Waals surface area contributed by atoms with Gasteiger partial charge in [-0.1, -0.05) is 32.6 Å². The second-order valence-electron chi connectivity index (χ2n) is 3.66. The van der Waals surface area contributed by atoms with Crippen LogP contribution in [0.25, 0.3) is 0 Å². The van der Waals surface area contributed by atoms with Crippen LogP contribution in [-0.2, 0) is 0 Å². The van der Waals surface area contributed by atoms with E-state index in [1.54, 1.807) is 0 Å². The van der Waals surface area contributed by atoms with Gasteiger partial charge in [-0.05, 0) is 18.3 Å². The molecule has 0 radical (unpaired) electrons. The highest BCUT2D eigenvalue weighted by Crippen LogP contribution is 2.34. The van der Waals surface area contributed by atoms with Crippen molar-refractivity contribution in [3.63, 3.8) is 0 Å². The molecule has 0 bridgehead atoms. The van der Waals surface area contributed by atoms with Crippen molar-refractivity contribution in [2.24, 2.45) is 11.8 Å². The molecule has 1 heteroatoms. The molecule has 10 heavy (non-hydrogen) atoms. The molecule has 1 saturated carbocycles. The predicted octanol–water partition coefficient (Wildman–Crippen LogP) is 2.20. The van der Waals surface area contributed by atoms with E-state index in [1.807, 2.05) is 0 Å². The highest BCUT2D eigenvalue weighted by atomic mass is 16.3. The lowest BCUT2D eigenvalue weighted by Gasteiger charge is -2.05. The number of rotatable bonds is 5. The molecule has 1 aliphatic carbocycles. The number of hydrogen-bond donors (Lipinski definition) is 1. The molecule has 60 valence electrons. The first-order valence-corrected chi connectivity index (χ1v) is 4.43. The van der Waals surface area contributed by atoms with E-state index in [0.717, 1.165) is 5.92 Å². The number of aliphatic hydroxyl groups excluding tert-OH is 1. The second-order valence-corrected chi connectivity index (χ2v) is 3.66. The van der Waals surface area contributed by atoms with E-state index in [2.05, 4.69) is 6.92 Å². The number of hydrogen-bond acceptors (Lipinski definition) is 1. The van der Waals surface area contributed by atoms with Crippen LogP contribution >= 0.6 is 0 Å². The summed E-state index contributed by atoms with van der Waals surface area (Å²) in [7, 11) is 0. The van der Waals surface area contributed by atoms with Crippen LogP contribution in [0.5, 0.6) is 0 Å². The van der Waals surface area contributed by atoms with Crippen molar-refractivity contribution in [2.75, 3.05) is 6.61 Å². The summed E-state index contributed by atoms with van der Waals surface area (Å²) in [5, 5.41) is 8.72. The van der Waals surface area contributed by atoms with Gasteiger partial charge in [-0.15, -0.1) is 0 Å². The lowest BCUT2D eigenvalue weighted by molar-refractivity contribution is 0.227. The van der Waals surface area contributed by atoms with Crippen LogP contribution in [-0.4, -0.2) is 11.7 Å². The average molecular weight is 142 g/mol. The van der Waals surface area contributed by atoms with Crippen molar-refractivity contribution >= 4 is 0 Å². The molecule has 1 N–H and O–H groups in total. The molecule has 0 spiro atoms. The topological polar surface area (TPSA) is 20.2 Å². The molecule has 0 aromatic heterocycles. The minimum atomic E-state index is 0.366. The van der Waals surface area contributed by atoms with Gasteiger partial charge < -0.3 is 5.11 Å². The molecule has 0 heterocycles. The molecule has 1 aliphatic rings. The van der Waals surface area contributed by atoms with Crippen molar-refractivity contribution in [1.82, 2.24) is 0 Å². The molecule has 0 saturated heterocycles. The highest BCUT2D eigenvalue weighted by Gasteiger charge is 2.20. The van der Waals surface area contributed by atoms with E-state index in [0.29, 0.717) is 12.5 Å². The smallest absolute Gasteiger partial charge is 0.0456 e. The zero-order valence-electron chi connectivity index (χ0n) is 6.84. The van der Waals surface area contributed by atoms with Gasteiger partial charge in [0.1, 0.15) is 0 Å². The fourth-order valence-electron chi connectivity index (χ4n) is 1.25. The third kappa shape index (κ3) is 3.21. The summed E-state index contributed by atoms with van der Waals surface area (Å²) >= 11 is 0. The Morgan fingerprint density at radius 3 is 2.70 bits per heavy atom. The molecular weight excluding hydrogens is 124 g/mol. The van der Waals surface area contributed by atoms with E-state index in [4.69, 9.17) is 5.11 Å². The zero-order valence-corrected chi connectivity index (χ0v) is 6.84. The zero-order chi connectivity index (χ0) is 7.40. The fraction of sp³-hybridized carbons (Fsp3) is 1.00. The SMILES string of the molecule is CC(CO)CCCC1CC1. The molecule has 1 nitrogen and oxygen atoms in total. The lowest BCUT2D eigenvalue weighted by Crippen LogP contribution is -1.99. The average Bonchev–Trinajstić information content (AvgIpc) is 2.71. The third-order valence-electron chi connectivity index (χ3n) is 2.32. The standard InChI is InChI=1S/C9H18O/c1-8(7-10)3-2-4-9-5-6-9/h8-10H,2-7H2,1H3. The first-order chi connectivity index (χ1) is 4.83. The van der Waals surface area contributed by atoms with Crippen LogP contribution in [0.2, 0.25) is 0 Å². The third-order valence-corrected chi connectivity index (χ3v) is 2.32. The summed E-state index contributed by atoms with van der Waals surface area (Å²) in [6, 6.07) is 0. The Morgan fingerprint density at radius 2 is 2.20 bits per heavy atom. The van der Waals surface area contributed by atoms with Gasteiger partial charge in [0.25, 0.3) is 0 Å². The molecule has 1 rings (SSSR count). The van der Waals surface area contributed by atoms with Gasteiger partial charge in [0.05, 0.1) is 0 Å². The van der Waals surface area contributed by atoms with Gasteiger partial charge >= 0.3 is 0 Å². The van der Waals surface area contributed by atoms with Crippen molar-refractivity contribution in [3.8, 4) is 0 Å². The van der Waals surface area contributed by atoms with E-state index < -0.39 is 0 Å². The minimum absolute atomic E-state index is 0.366. The van der Waals surface area contributed by atoms with E-state index >= 15 is 0 Å². The molecule has 0 aromatic rings. The second kappa shape index (κ2) is 3.97. The van der Waals surface area contributed by atoms with Gasteiger partial charge in [-0.3, -0.25) is 0 Å². The normalized spacial score (nSPS) is 21.0. The maximum Gasteiger partial charge on any atom is 0.0456 e. The maximum atomic E-state index is 8.72. The van der Waals surface area contributed by atoms with Gasteiger partial charge in [0, 0.05) is 6.61 Å². The van der Waals surface area contributed by atoms with Crippen LogP contribution in [0.3, 0.4) is 0 Å². The summed E-state index contributed by atoms with van der Waals surface area (Å²) < 4.78 is 0. The van der Waals surface area contributed by atoms with E-state index in [9.17, 15) is 0 Å². The molecule has 1 fully saturated rings. The molecule has 0 amide bonds. The quantitative estimate of drug-likeness (QED) is 0.624. The molecule has 1 atom stereocenters. The van der Waals surface area contributed by atoms with Gasteiger partial charge in [0.15, 0.2) is 0 Å². The van der Waals surface area contributed by atoms with Gasteiger partial charge in [-0.2, -0.15) is 0 Å².